The van der Waals surface area contributed by atoms with Crippen LogP contribution in [0.4, 0.5) is 0 Å². The second-order valence-electron chi connectivity index (χ2n) is 6.62. The molecule has 3 rings (SSSR count). The van der Waals surface area contributed by atoms with Crippen LogP contribution in [0.1, 0.15) is 26.7 Å². The molecule has 0 aromatic carbocycles. The first kappa shape index (κ1) is 15.4. The van der Waals surface area contributed by atoms with Crippen LogP contribution in [0.25, 0.3) is 0 Å². The first-order chi connectivity index (χ1) is 9.96. The predicted molar refractivity (Wildman–Crippen MR) is 76.8 cm³/mol. The van der Waals surface area contributed by atoms with Crippen molar-refractivity contribution in [2.75, 3.05) is 27.3 Å². The van der Waals surface area contributed by atoms with Gasteiger partial charge in [0.05, 0.1) is 0 Å². The molecule has 2 heterocycles. The van der Waals surface area contributed by atoms with E-state index in [2.05, 4.69) is 0 Å². The van der Waals surface area contributed by atoms with Crippen molar-refractivity contribution in [3.05, 3.63) is 0 Å². The molecule has 0 aromatic heterocycles. The molecule has 0 bridgehead atoms. The van der Waals surface area contributed by atoms with Crippen molar-refractivity contribution in [2.24, 2.45) is 11.8 Å². The van der Waals surface area contributed by atoms with Crippen molar-refractivity contribution < 1.29 is 18.9 Å². The number of hydrogen-bond acceptors (Lipinski definition) is 5. The molecule has 2 saturated heterocycles. The SMILES string of the molecule is CO[C@@]1(C)O[C@@H]2[C@@H](C3CC3)CN(B=N)C[C@H]2O[C@]1(C)OC. The van der Waals surface area contributed by atoms with Crippen LogP contribution in [0.2, 0.25) is 0 Å². The van der Waals surface area contributed by atoms with Crippen LogP contribution in [0.15, 0.2) is 0 Å². The summed E-state index contributed by atoms with van der Waals surface area (Å²) >= 11 is 0. The molecule has 3 fully saturated rings. The molecule has 1 N–H and O–H groups in total. The summed E-state index contributed by atoms with van der Waals surface area (Å²) in [5, 5.41) is 7.56. The van der Waals surface area contributed by atoms with E-state index in [0.717, 1.165) is 6.54 Å². The molecule has 0 radical (unpaired) electrons. The predicted octanol–water partition coefficient (Wildman–Crippen LogP) is 1.22. The number of piperidine rings is 1. The minimum atomic E-state index is -0.956. The molecule has 0 aromatic rings. The van der Waals surface area contributed by atoms with Crippen molar-refractivity contribution in [1.29, 1.82) is 5.31 Å². The average Bonchev–Trinajstić information content (AvgIpc) is 3.32. The molecule has 1 saturated carbocycles. The number of nitrogens with one attached hydrogen (secondary N) is 1. The molecule has 0 spiro atoms. The van der Waals surface area contributed by atoms with Crippen molar-refractivity contribution in [3.63, 3.8) is 0 Å². The number of methoxy groups -OCH3 is 2. The number of hydrogen-bond donors (Lipinski definition) is 1. The quantitative estimate of drug-likeness (QED) is 0.790. The zero-order chi connectivity index (χ0) is 15.3. The Morgan fingerprint density at radius 2 is 1.71 bits per heavy atom. The Morgan fingerprint density at radius 1 is 1.10 bits per heavy atom. The van der Waals surface area contributed by atoms with E-state index in [9.17, 15) is 0 Å². The number of rotatable bonds is 4. The van der Waals surface area contributed by atoms with Crippen LogP contribution in [0, 0.1) is 17.1 Å². The summed E-state index contributed by atoms with van der Waals surface area (Å²) in [6.45, 7) is 5.25. The van der Waals surface area contributed by atoms with E-state index in [0.29, 0.717) is 18.4 Å². The number of nitrogens with zero attached hydrogens (tertiary/aromatic N) is 1. The molecular formula is C14H25BN2O4. The van der Waals surface area contributed by atoms with Gasteiger partial charge in [-0.25, -0.2) is 0 Å². The van der Waals surface area contributed by atoms with Gasteiger partial charge >= 0.3 is 126 Å². The van der Waals surface area contributed by atoms with Crippen LogP contribution >= 0.6 is 0 Å². The maximum absolute atomic E-state index is 7.56. The van der Waals surface area contributed by atoms with Crippen LogP contribution in [-0.4, -0.2) is 63.1 Å². The molecule has 5 atom stereocenters. The molecule has 2 aliphatic heterocycles. The molecule has 1 aliphatic carbocycles. The Balaban J connectivity index is 1.87. The van der Waals surface area contributed by atoms with E-state index in [1.807, 2.05) is 18.7 Å². The van der Waals surface area contributed by atoms with Gasteiger partial charge in [-0.1, -0.05) is 0 Å². The van der Waals surface area contributed by atoms with Crippen LogP contribution in [0.5, 0.6) is 0 Å². The zero-order valence-electron chi connectivity index (χ0n) is 13.3. The zero-order valence-corrected chi connectivity index (χ0v) is 13.3. The van der Waals surface area contributed by atoms with Gasteiger partial charge in [0.2, 0.25) is 0 Å². The van der Waals surface area contributed by atoms with Gasteiger partial charge in [-0.15, -0.1) is 0 Å². The topological polar surface area (TPSA) is 64.0 Å². The van der Waals surface area contributed by atoms with Gasteiger partial charge in [0, 0.05) is 0 Å². The summed E-state index contributed by atoms with van der Waals surface area (Å²) in [6.07, 6.45) is 2.39. The van der Waals surface area contributed by atoms with Gasteiger partial charge in [-0.2, -0.15) is 0 Å². The van der Waals surface area contributed by atoms with Gasteiger partial charge < -0.3 is 0 Å². The summed E-state index contributed by atoms with van der Waals surface area (Å²) in [7, 11) is 4.64. The molecule has 0 unspecified atom stereocenters. The molecule has 21 heavy (non-hydrogen) atoms. The first-order valence-corrected chi connectivity index (χ1v) is 7.67. The van der Waals surface area contributed by atoms with Crippen molar-refractivity contribution in [3.8, 4) is 0 Å². The third kappa shape index (κ3) is 2.44. The third-order valence-corrected chi connectivity index (χ3v) is 5.40. The summed E-state index contributed by atoms with van der Waals surface area (Å²) in [6, 6.07) is 0. The molecule has 6 nitrogen and oxygen atoms in total. The van der Waals surface area contributed by atoms with Crippen molar-refractivity contribution in [2.45, 2.75) is 50.5 Å². The van der Waals surface area contributed by atoms with Crippen LogP contribution < -0.4 is 0 Å². The van der Waals surface area contributed by atoms with Gasteiger partial charge in [-0.3, -0.25) is 0 Å². The average molecular weight is 296 g/mol. The van der Waals surface area contributed by atoms with E-state index in [-0.39, 0.29) is 12.2 Å². The maximum atomic E-state index is 7.56. The molecule has 7 heteroatoms. The Bertz CT molecular complexity index is 422. The number of fused-ring (bicyclic) bond motifs is 1. The summed E-state index contributed by atoms with van der Waals surface area (Å²) in [5.41, 5.74) is 0. The van der Waals surface area contributed by atoms with E-state index < -0.39 is 11.6 Å². The van der Waals surface area contributed by atoms with Crippen LogP contribution in [0.3, 0.4) is 0 Å². The third-order valence-electron chi connectivity index (χ3n) is 5.40. The Labute approximate surface area is 126 Å². The summed E-state index contributed by atoms with van der Waals surface area (Å²) in [4.78, 5) is 2.01. The van der Waals surface area contributed by atoms with Crippen molar-refractivity contribution >= 4 is 7.21 Å². The fourth-order valence-electron chi connectivity index (χ4n) is 3.60. The molecular weight excluding hydrogens is 271 g/mol. The monoisotopic (exact) mass is 296 g/mol. The first-order valence-electron chi connectivity index (χ1n) is 7.67. The van der Waals surface area contributed by atoms with Crippen molar-refractivity contribution in [1.82, 2.24) is 4.81 Å². The van der Waals surface area contributed by atoms with Crippen LogP contribution in [-0.2, 0) is 18.9 Å². The van der Waals surface area contributed by atoms with E-state index in [4.69, 9.17) is 24.3 Å². The molecule has 0 amide bonds. The van der Waals surface area contributed by atoms with E-state index >= 15 is 0 Å². The van der Waals surface area contributed by atoms with E-state index in [1.165, 1.54) is 20.0 Å². The second kappa shape index (κ2) is 5.30. The van der Waals surface area contributed by atoms with Gasteiger partial charge in [0.25, 0.3) is 0 Å². The van der Waals surface area contributed by atoms with E-state index in [1.54, 1.807) is 14.2 Å². The van der Waals surface area contributed by atoms with Gasteiger partial charge in [0.15, 0.2) is 0 Å². The van der Waals surface area contributed by atoms with Gasteiger partial charge in [0.1, 0.15) is 0 Å². The van der Waals surface area contributed by atoms with Gasteiger partial charge in [-0.05, 0) is 0 Å². The Kier molecular flexibility index (Phi) is 3.89. The fourth-order valence-corrected chi connectivity index (χ4v) is 3.60. The Morgan fingerprint density at radius 3 is 2.24 bits per heavy atom. The molecule has 3 aliphatic rings. The standard InChI is InChI=1S/C14H25BN2O4/c1-13(18-3)14(2,19-4)21-12-10(9-5-6-9)7-17(15-16)8-11(12)20-13/h9-12,16H,5-8H2,1-4H3/t10-,11-,12-,13+,14+/m1/s1. The summed E-state index contributed by atoms with van der Waals surface area (Å²) < 4.78 is 23.8. The summed E-state index contributed by atoms with van der Waals surface area (Å²) in [5.74, 6) is -0.816. The normalized spacial score (nSPS) is 46.9. The number of ether oxygens (including phenoxy) is 4. The Hall–Kier alpha value is -0.495. The fraction of sp³-hybridized carbons (Fsp3) is 1.00. The second-order valence-corrected chi connectivity index (χ2v) is 6.62. The minimum absolute atomic E-state index is 0.00174. The molecule has 118 valence electrons.